The highest BCUT2D eigenvalue weighted by molar-refractivity contribution is 7.99. The van der Waals surface area contributed by atoms with Gasteiger partial charge >= 0.3 is 0 Å². The highest BCUT2D eigenvalue weighted by atomic mass is 32.2. The average Bonchev–Trinajstić information content (AvgIpc) is 2.97. The lowest BCUT2D eigenvalue weighted by atomic mass is 10.2. The zero-order valence-corrected chi connectivity index (χ0v) is 17.9. The standard InChI is InChI=1S/C20H26FNO4S2/c1-3-11-27-12-7-6-8-16(23)13-28(24,25)14-19-15(2)26-20(22-19)17-9-4-5-10-18(17)21/h4-5,9-10H,3,6-8,11-14H2,1-2H3. The summed E-state index contributed by atoms with van der Waals surface area (Å²) < 4.78 is 44.1. The van der Waals surface area contributed by atoms with E-state index in [0.717, 1.165) is 24.3 Å². The molecule has 0 aliphatic carbocycles. The summed E-state index contributed by atoms with van der Waals surface area (Å²) >= 11 is 1.85. The maximum Gasteiger partial charge on any atom is 0.229 e. The van der Waals surface area contributed by atoms with Gasteiger partial charge in [0.1, 0.15) is 23.1 Å². The lowest BCUT2D eigenvalue weighted by molar-refractivity contribution is -0.116. The van der Waals surface area contributed by atoms with Crippen molar-refractivity contribution in [1.29, 1.82) is 0 Å². The molecule has 154 valence electrons. The first-order valence-electron chi connectivity index (χ1n) is 9.33. The number of unbranched alkanes of at least 4 members (excludes halogenated alkanes) is 1. The molecule has 0 fully saturated rings. The summed E-state index contributed by atoms with van der Waals surface area (Å²) in [6.07, 6.45) is 3.00. The van der Waals surface area contributed by atoms with Crippen LogP contribution in [0.25, 0.3) is 11.5 Å². The van der Waals surface area contributed by atoms with Crippen LogP contribution in [0.1, 0.15) is 44.1 Å². The monoisotopic (exact) mass is 427 g/mol. The van der Waals surface area contributed by atoms with Crippen LogP contribution in [-0.2, 0) is 20.4 Å². The Kier molecular flexibility index (Phi) is 8.69. The number of thioether (sulfide) groups is 1. The number of hydrogen-bond donors (Lipinski definition) is 0. The summed E-state index contributed by atoms with van der Waals surface area (Å²) in [6.45, 7) is 3.70. The molecule has 0 aliphatic heterocycles. The second kappa shape index (κ2) is 10.8. The van der Waals surface area contributed by atoms with Crippen molar-refractivity contribution in [2.75, 3.05) is 17.3 Å². The molecule has 0 radical (unpaired) electrons. The van der Waals surface area contributed by atoms with Gasteiger partial charge in [0.15, 0.2) is 9.84 Å². The molecule has 0 saturated heterocycles. The quantitative estimate of drug-likeness (QED) is 0.461. The van der Waals surface area contributed by atoms with Crippen LogP contribution >= 0.6 is 11.8 Å². The molecule has 1 aromatic carbocycles. The third-order valence-electron chi connectivity index (χ3n) is 4.08. The molecule has 8 heteroatoms. The first-order chi connectivity index (χ1) is 13.3. The number of aryl methyl sites for hydroxylation is 1. The highest BCUT2D eigenvalue weighted by Gasteiger charge is 2.22. The lowest BCUT2D eigenvalue weighted by Gasteiger charge is -2.03. The maximum absolute atomic E-state index is 13.9. The van der Waals surface area contributed by atoms with Gasteiger partial charge in [-0.25, -0.2) is 17.8 Å². The van der Waals surface area contributed by atoms with Gasteiger partial charge in [0.2, 0.25) is 5.89 Å². The zero-order chi connectivity index (χ0) is 20.6. The molecule has 5 nitrogen and oxygen atoms in total. The van der Waals surface area contributed by atoms with Crippen molar-refractivity contribution in [2.24, 2.45) is 0 Å². The maximum atomic E-state index is 13.9. The topological polar surface area (TPSA) is 77.2 Å². The van der Waals surface area contributed by atoms with Crippen molar-refractivity contribution in [3.63, 3.8) is 0 Å². The van der Waals surface area contributed by atoms with E-state index < -0.39 is 27.2 Å². The van der Waals surface area contributed by atoms with Crippen LogP contribution in [0.4, 0.5) is 4.39 Å². The molecule has 0 unspecified atom stereocenters. The summed E-state index contributed by atoms with van der Waals surface area (Å²) in [5.41, 5.74) is 0.383. The summed E-state index contributed by atoms with van der Waals surface area (Å²) in [5, 5.41) is 0. The number of carbonyl (C=O) groups excluding carboxylic acids is 1. The molecular weight excluding hydrogens is 401 g/mol. The number of carbonyl (C=O) groups is 1. The van der Waals surface area contributed by atoms with Gasteiger partial charge in [0, 0.05) is 6.42 Å². The number of sulfone groups is 1. The predicted octanol–water partition coefficient (Wildman–Crippen LogP) is 4.59. The number of Topliss-reactive ketones (excluding diaryl/α,β-unsaturated/α-hetero) is 1. The van der Waals surface area contributed by atoms with Crippen LogP contribution in [0.5, 0.6) is 0 Å². The highest BCUT2D eigenvalue weighted by Crippen LogP contribution is 2.25. The first-order valence-corrected chi connectivity index (χ1v) is 12.3. The van der Waals surface area contributed by atoms with Crippen LogP contribution in [0.2, 0.25) is 0 Å². The largest absolute Gasteiger partial charge is 0.441 e. The molecule has 2 aromatic rings. The Morgan fingerprint density at radius 3 is 2.68 bits per heavy atom. The Morgan fingerprint density at radius 2 is 1.96 bits per heavy atom. The Hall–Kier alpha value is -1.67. The molecule has 1 aromatic heterocycles. The zero-order valence-electron chi connectivity index (χ0n) is 16.2. The molecule has 2 rings (SSSR count). The van der Waals surface area contributed by atoms with Gasteiger partial charge in [-0.3, -0.25) is 4.79 Å². The minimum absolute atomic E-state index is 0.0386. The van der Waals surface area contributed by atoms with Crippen molar-refractivity contribution >= 4 is 27.4 Å². The van der Waals surface area contributed by atoms with Gasteiger partial charge in [-0.05, 0) is 49.8 Å². The Morgan fingerprint density at radius 1 is 1.21 bits per heavy atom. The fourth-order valence-corrected chi connectivity index (χ4v) is 4.98. The van der Waals surface area contributed by atoms with Crippen molar-refractivity contribution in [3.05, 3.63) is 41.5 Å². The van der Waals surface area contributed by atoms with E-state index in [-0.39, 0.29) is 29.4 Å². The molecule has 0 atom stereocenters. The van der Waals surface area contributed by atoms with Gasteiger partial charge in [0.05, 0.1) is 17.0 Å². The van der Waals surface area contributed by atoms with Gasteiger partial charge in [0.25, 0.3) is 0 Å². The third kappa shape index (κ3) is 7.05. The third-order valence-corrected chi connectivity index (χ3v) is 6.83. The number of halogens is 1. The normalized spacial score (nSPS) is 11.7. The lowest BCUT2D eigenvalue weighted by Crippen LogP contribution is -2.18. The molecular formula is C20H26FNO4S2. The summed E-state index contributed by atoms with van der Waals surface area (Å²) in [6, 6.07) is 5.99. The fraction of sp³-hybridized carbons (Fsp3) is 0.500. The molecule has 0 bridgehead atoms. The summed E-state index contributed by atoms with van der Waals surface area (Å²) in [7, 11) is -3.66. The van der Waals surface area contributed by atoms with E-state index in [1.807, 2.05) is 11.8 Å². The molecule has 1 heterocycles. The number of oxazole rings is 1. The fourth-order valence-electron chi connectivity index (χ4n) is 2.66. The van der Waals surface area contributed by atoms with E-state index in [1.54, 1.807) is 19.1 Å². The van der Waals surface area contributed by atoms with Crippen molar-refractivity contribution < 1.29 is 22.0 Å². The van der Waals surface area contributed by atoms with Crippen LogP contribution in [0.15, 0.2) is 28.7 Å². The molecule has 0 amide bonds. The molecule has 28 heavy (non-hydrogen) atoms. The number of nitrogens with zero attached hydrogens (tertiary/aromatic N) is 1. The van der Waals surface area contributed by atoms with Crippen LogP contribution in [0, 0.1) is 12.7 Å². The van der Waals surface area contributed by atoms with Gasteiger partial charge in [-0.2, -0.15) is 11.8 Å². The SMILES string of the molecule is CCCSCCCCC(=O)CS(=O)(=O)Cc1nc(-c2ccccc2F)oc1C. The van der Waals surface area contributed by atoms with Gasteiger partial charge in [-0.1, -0.05) is 19.1 Å². The molecule has 0 saturated carbocycles. The molecule has 0 aliphatic rings. The number of aromatic nitrogens is 1. The van der Waals surface area contributed by atoms with Crippen molar-refractivity contribution in [2.45, 2.75) is 45.3 Å². The minimum atomic E-state index is -3.66. The Bertz CT molecular complexity index is 893. The molecule has 0 spiro atoms. The smallest absolute Gasteiger partial charge is 0.229 e. The van der Waals surface area contributed by atoms with E-state index >= 15 is 0 Å². The van der Waals surface area contributed by atoms with E-state index in [1.165, 1.54) is 12.1 Å². The van der Waals surface area contributed by atoms with Crippen molar-refractivity contribution in [1.82, 2.24) is 4.98 Å². The number of hydrogen-bond acceptors (Lipinski definition) is 6. The molecule has 0 N–H and O–H groups in total. The minimum Gasteiger partial charge on any atom is -0.441 e. The average molecular weight is 428 g/mol. The summed E-state index contributed by atoms with van der Waals surface area (Å²) in [4.78, 5) is 16.2. The first kappa shape index (κ1) is 22.6. The van der Waals surface area contributed by atoms with E-state index in [0.29, 0.717) is 12.2 Å². The van der Waals surface area contributed by atoms with E-state index in [2.05, 4.69) is 11.9 Å². The number of rotatable bonds is 12. The Labute approximate surface area is 170 Å². The Balaban J connectivity index is 1.92. The van der Waals surface area contributed by atoms with Crippen LogP contribution in [0.3, 0.4) is 0 Å². The predicted molar refractivity (Wildman–Crippen MR) is 111 cm³/mol. The van der Waals surface area contributed by atoms with E-state index in [4.69, 9.17) is 4.42 Å². The summed E-state index contributed by atoms with van der Waals surface area (Å²) in [5.74, 6) is 0.769. The van der Waals surface area contributed by atoms with Crippen LogP contribution in [-0.4, -0.2) is 36.4 Å². The number of ketones is 1. The van der Waals surface area contributed by atoms with Crippen molar-refractivity contribution in [3.8, 4) is 11.5 Å². The van der Waals surface area contributed by atoms with E-state index in [9.17, 15) is 17.6 Å². The van der Waals surface area contributed by atoms with Gasteiger partial charge in [-0.15, -0.1) is 0 Å². The second-order valence-electron chi connectivity index (χ2n) is 6.64. The van der Waals surface area contributed by atoms with Crippen LogP contribution < -0.4 is 0 Å². The second-order valence-corrected chi connectivity index (χ2v) is 9.93. The number of benzene rings is 1. The van der Waals surface area contributed by atoms with Gasteiger partial charge < -0.3 is 4.42 Å².